The molecule has 0 aliphatic rings. The van der Waals surface area contributed by atoms with Gasteiger partial charge in [0.2, 0.25) is 0 Å². The van der Waals surface area contributed by atoms with Crippen LogP contribution in [0.2, 0.25) is 0 Å². The summed E-state index contributed by atoms with van der Waals surface area (Å²) in [4.78, 5) is 15.1. The normalized spacial score (nSPS) is 11.9. The molecule has 0 fully saturated rings. The van der Waals surface area contributed by atoms with E-state index in [0.717, 1.165) is 33.8 Å². The van der Waals surface area contributed by atoms with Crippen molar-refractivity contribution in [3.8, 4) is 11.4 Å². The number of hydrogen-bond donors (Lipinski definition) is 2. The van der Waals surface area contributed by atoms with E-state index in [4.69, 9.17) is 0 Å². The molecule has 94 valence electrons. The van der Waals surface area contributed by atoms with Crippen molar-refractivity contribution < 1.29 is 0 Å². The van der Waals surface area contributed by atoms with Crippen molar-refractivity contribution in [3.05, 3.63) is 54.6 Å². The van der Waals surface area contributed by atoms with Gasteiger partial charge in [0, 0.05) is 18.0 Å². The van der Waals surface area contributed by atoms with Crippen molar-refractivity contribution in [2.24, 2.45) is 0 Å². The molecule has 0 unspecified atom stereocenters. The summed E-state index contributed by atoms with van der Waals surface area (Å²) in [6.07, 6.45) is 7.34. The van der Waals surface area contributed by atoms with Crippen molar-refractivity contribution in [2.75, 3.05) is 0 Å². The number of rotatable bonds is 3. The topological polar surface area (TPSA) is 57.4 Å². The Bertz CT molecular complexity index is 748. The molecule has 0 amide bonds. The number of hydrogen-bond acceptors (Lipinski definition) is 2. The van der Waals surface area contributed by atoms with Gasteiger partial charge in [-0.15, -0.1) is 0 Å². The summed E-state index contributed by atoms with van der Waals surface area (Å²) in [5, 5.41) is 0. The third kappa shape index (κ3) is 2.20. The van der Waals surface area contributed by atoms with E-state index < -0.39 is 0 Å². The molecule has 0 saturated heterocycles. The molecule has 3 rings (SSSR count). The van der Waals surface area contributed by atoms with Crippen LogP contribution in [0.15, 0.2) is 48.8 Å². The van der Waals surface area contributed by atoms with Crippen LogP contribution in [0.4, 0.5) is 0 Å². The fourth-order valence-electron chi connectivity index (χ4n) is 1.94. The Labute approximate surface area is 110 Å². The molecule has 0 atom stereocenters. The third-order valence-electron chi connectivity index (χ3n) is 2.96. The Morgan fingerprint density at radius 2 is 2.26 bits per heavy atom. The number of benzene rings is 1. The molecule has 0 bridgehead atoms. The number of nitrogens with zero attached hydrogens (tertiary/aromatic N) is 2. The molecular formula is C15H14N4. The second kappa shape index (κ2) is 4.57. The number of H-pyrrole nitrogens is 2. The number of allylic oxidation sites excluding steroid dienone is 2. The largest absolute Gasteiger partial charge is 0.345 e. The van der Waals surface area contributed by atoms with E-state index in [-0.39, 0.29) is 0 Å². The van der Waals surface area contributed by atoms with E-state index in [1.165, 1.54) is 0 Å². The van der Waals surface area contributed by atoms with Crippen LogP contribution in [0, 0.1) is 0 Å². The van der Waals surface area contributed by atoms with E-state index in [2.05, 4.69) is 26.5 Å². The monoisotopic (exact) mass is 250 g/mol. The first-order valence-corrected chi connectivity index (χ1v) is 6.06. The van der Waals surface area contributed by atoms with Crippen LogP contribution in [-0.2, 0) is 0 Å². The molecule has 0 saturated carbocycles. The number of imidazole rings is 2. The van der Waals surface area contributed by atoms with Crippen LogP contribution in [0.25, 0.3) is 28.5 Å². The highest BCUT2D eigenvalue weighted by Crippen LogP contribution is 2.21. The molecule has 0 radical (unpaired) electrons. The fourth-order valence-corrected chi connectivity index (χ4v) is 1.94. The van der Waals surface area contributed by atoms with Gasteiger partial charge in [0.05, 0.1) is 11.0 Å². The number of aromatic nitrogens is 4. The zero-order chi connectivity index (χ0) is 13.2. The van der Waals surface area contributed by atoms with Crippen molar-refractivity contribution in [2.45, 2.75) is 6.92 Å². The predicted molar refractivity (Wildman–Crippen MR) is 77.5 cm³/mol. The Hall–Kier alpha value is -2.62. The lowest BCUT2D eigenvalue weighted by molar-refractivity contribution is 1.28. The highest BCUT2D eigenvalue weighted by Gasteiger charge is 2.05. The standard InChI is InChI=1S/C15H14N4/c1-3-10(2)8-14-18-12-5-4-11(9-13(12)19-14)15-16-6-7-17-15/h3-9H,1H2,2H3,(H,16,17)(H,18,19)/b10-8+. The Morgan fingerprint density at radius 1 is 1.37 bits per heavy atom. The van der Waals surface area contributed by atoms with Crippen LogP contribution in [0.5, 0.6) is 0 Å². The first-order chi connectivity index (χ1) is 9.26. The van der Waals surface area contributed by atoms with Gasteiger partial charge < -0.3 is 9.97 Å². The SMILES string of the molecule is C=C/C(C)=C/c1nc2ccc(-c3ncc[nH]3)cc2[nH]1. The lowest BCUT2D eigenvalue weighted by atomic mass is 10.2. The molecule has 2 aromatic heterocycles. The molecule has 0 aliphatic carbocycles. The van der Waals surface area contributed by atoms with E-state index in [1.54, 1.807) is 6.20 Å². The molecule has 1 aromatic carbocycles. The number of nitrogens with one attached hydrogen (secondary N) is 2. The third-order valence-corrected chi connectivity index (χ3v) is 2.96. The molecule has 3 aromatic rings. The van der Waals surface area contributed by atoms with Crippen LogP contribution in [-0.4, -0.2) is 19.9 Å². The Kier molecular flexibility index (Phi) is 2.76. The maximum Gasteiger partial charge on any atom is 0.137 e. The van der Waals surface area contributed by atoms with Gasteiger partial charge in [0.1, 0.15) is 11.6 Å². The summed E-state index contributed by atoms with van der Waals surface area (Å²) >= 11 is 0. The van der Waals surface area contributed by atoms with Gasteiger partial charge in [-0.1, -0.05) is 12.7 Å². The van der Waals surface area contributed by atoms with E-state index in [0.29, 0.717) is 0 Å². The van der Waals surface area contributed by atoms with Crippen molar-refractivity contribution in [3.63, 3.8) is 0 Å². The van der Waals surface area contributed by atoms with Crippen LogP contribution in [0.3, 0.4) is 0 Å². The quantitative estimate of drug-likeness (QED) is 0.698. The average molecular weight is 250 g/mol. The average Bonchev–Trinajstić information content (AvgIpc) is 3.06. The van der Waals surface area contributed by atoms with Gasteiger partial charge in [0.15, 0.2) is 0 Å². The van der Waals surface area contributed by atoms with Gasteiger partial charge in [0.25, 0.3) is 0 Å². The van der Waals surface area contributed by atoms with E-state index >= 15 is 0 Å². The van der Waals surface area contributed by atoms with Gasteiger partial charge in [-0.05, 0) is 36.8 Å². The summed E-state index contributed by atoms with van der Waals surface area (Å²) < 4.78 is 0. The maximum atomic E-state index is 4.51. The number of aromatic amines is 2. The zero-order valence-corrected chi connectivity index (χ0v) is 10.6. The van der Waals surface area contributed by atoms with Crippen LogP contribution < -0.4 is 0 Å². The second-order valence-electron chi connectivity index (χ2n) is 4.38. The lowest BCUT2D eigenvalue weighted by Crippen LogP contribution is -1.80. The smallest absolute Gasteiger partial charge is 0.137 e. The second-order valence-corrected chi connectivity index (χ2v) is 4.38. The minimum Gasteiger partial charge on any atom is -0.345 e. The highest BCUT2D eigenvalue weighted by molar-refractivity contribution is 5.81. The minimum atomic E-state index is 0.837. The van der Waals surface area contributed by atoms with Crippen molar-refractivity contribution in [1.82, 2.24) is 19.9 Å². The van der Waals surface area contributed by atoms with Gasteiger partial charge >= 0.3 is 0 Å². The molecule has 4 nitrogen and oxygen atoms in total. The molecule has 4 heteroatoms. The maximum absolute atomic E-state index is 4.51. The number of fused-ring (bicyclic) bond motifs is 1. The summed E-state index contributed by atoms with van der Waals surface area (Å²) in [5.41, 5.74) is 4.05. The van der Waals surface area contributed by atoms with E-state index in [1.807, 2.05) is 43.5 Å². The fraction of sp³-hybridized carbons (Fsp3) is 0.0667. The molecular weight excluding hydrogens is 236 g/mol. The van der Waals surface area contributed by atoms with Gasteiger partial charge in [-0.3, -0.25) is 0 Å². The highest BCUT2D eigenvalue weighted by atomic mass is 14.9. The molecule has 19 heavy (non-hydrogen) atoms. The summed E-state index contributed by atoms with van der Waals surface area (Å²) in [7, 11) is 0. The summed E-state index contributed by atoms with van der Waals surface area (Å²) in [5.74, 6) is 1.69. The minimum absolute atomic E-state index is 0.837. The van der Waals surface area contributed by atoms with Crippen LogP contribution >= 0.6 is 0 Å². The van der Waals surface area contributed by atoms with Gasteiger partial charge in [-0.25, -0.2) is 9.97 Å². The summed E-state index contributed by atoms with van der Waals surface area (Å²) in [6.45, 7) is 5.73. The lowest BCUT2D eigenvalue weighted by Gasteiger charge is -1.95. The van der Waals surface area contributed by atoms with Crippen molar-refractivity contribution >= 4 is 17.1 Å². The zero-order valence-electron chi connectivity index (χ0n) is 10.6. The Morgan fingerprint density at radius 3 is 3.00 bits per heavy atom. The molecule has 2 N–H and O–H groups in total. The summed E-state index contributed by atoms with van der Waals surface area (Å²) in [6, 6.07) is 6.04. The van der Waals surface area contributed by atoms with Crippen molar-refractivity contribution in [1.29, 1.82) is 0 Å². The molecule has 0 aliphatic heterocycles. The van der Waals surface area contributed by atoms with Gasteiger partial charge in [-0.2, -0.15) is 0 Å². The van der Waals surface area contributed by atoms with E-state index in [9.17, 15) is 0 Å². The molecule has 2 heterocycles. The predicted octanol–water partition coefficient (Wildman–Crippen LogP) is 3.54. The molecule has 0 spiro atoms. The first kappa shape index (κ1) is 11.5. The Balaban J connectivity index is 2.07. The first-order valence-electron chi connectivity index (χ1n) is 6.06. The van der Waals surface area contributed by atoms with Crippen LogP contribution in [0.1, 0.15) is 12.7 Å².